The number of ether oxygens (including phenoxy) is 1. The van der Waals surface area contributed by atoms with Crippen LogP contribution in [0.15, 0.2) is 41.0 Å². The smallest absolute Gasteiger partial charge is 0.319 e. The Morgan fingerprint density at radius 2 is 1.81 bits per heavy atom. The van der Waals surface area contributed by atoms with Crippen LogP contribution in [-0.4, -0.2) is 29.1 Å². The van der Waals surface area contributed by atoms with Crippen LogP contribution < -0.4 is 20.7 Å². The largest absolute Gasteiger partial charge is 0.474 e. The van der Waals surface area contributed by atoms with E-state index >= 15 is 0 Å². The molecule has 0 aliphatic rings. The lowest BCUT2D eigenvalue weighted by molar-refractivity contribution is -0.114. The third kappa shape index (κ3) is 6.25. The Bertz CT molecular complexity index is 839. The van der Waals surface area contributed by atoms with Crippen molar-refractivity contribution in [3.05, 3.63) is 46.6 Å². The van der Waals surface area contributed by atoms with Crippen LogP contribution in [0.4, 0.5) is 16.2 Å². The SMILES string of the molecule is CC(=O)Nc1cccc(NC(=O)NC(C)(C)COc2ncccc2Br)c1C. The van der Waals surface area contributed by atoms with E-state index in [0.29, 0.717) is 17.3 Å². The minimum atomic E-state index is -0.635. The molecule has 3 N–H and O–H groups in total. The molecule has 0 radical (unpaired) electrons. The van der Waals surface area contributed by atoms with Crippen molar-refractivity contribution in [3.63, 3.8) is 0 Å². The number of nitrogens with zero attached hydrogens (tertiary/aromatic N) is 1. The zero-order valence-electron chi connectivity index (χ0n) is 15.7. The normalized spacial score (nSPS) is 10.9. The lowest BCUT2D eigenvalue weighted by Gasteiger charge is -2.26. The molecule has 1 aromatic heterocycles. The molecule has 0 fully saturated rings. The molecule has 0 saturated heterocycles. The van der Waals surface area contributed by atoms with Crippen LogP contribution in [0.2, 0.25) is 0 Å². The molecule has 0 saturated carbocycles. The third-order valence-electron chi connectivity index (χ3n) is 3.64. The number of benzene rings is 1. The molecule has 1 aromatic carbocycles. The highest BCUT2D eigenvalue weighted by molar-refractivity contribution is 9.10. The number of amides is 3. The van der Waals surface area contributed by atoms with E-state index in [0.717, 1.165) is 10.0 Å². The van der Waals surface area contributed by atoms with Crippen molar-refractivity contribution in [3.8, 4) is 5.88 Å². The summed E-state index contributed by atoms with van der Waals surface area (Å²) in [6, 6.07) is 8.58. The maximum absolute atomic E-state index is 12.4. The molecular formula is C19H23BrN4O3. The number of pyridine rings is 1. The van der Waals surface area contributed by atoms with E-state index in [1.165, 1.54) is 6.92 Å². The van der Waals surface area contributed by atoms with Crippen molar-refractivity contribution >= 4 is 39.2 Å². The van der Waals surface area contributed by atoms with Gasteiger partial charge in [0.1, 0.15) is 6.61 Å². The fourth-order valence-corrected chi connectivity index (χ4v) is 2.69. The molecule has 27 heavy (non-hydrogen) atoms. The summed E-state index contributed by atoms with van der Waals surface area (Å²) in [6.07, 6.45) is 1.64. The first-order valence-electron chi connectivity index (χ1n) is 8.37. The topological polar surface area (TPSA) is 92.4 Å². The Balaban J connectivity index is 1.98. The molecule has 7 nitrogen and oxygen atoms in total. The summed E-state index contributed by atoms with van der Waals surface area (Å²) >= 11 is 3.37. The predicted octanol–water partition coefficient (Wildman–Crippen LogP) is 4.09. The van der Waals surface area contributed by atoms with Gasteiger partial charge in [0.25, 0.3) is 0 Å². The fraction of sp³-hybridized carbons (Fsp3) is 0.316. The molecular weight excluding hydrogens is 412 g/mol. The molecule has 144 valence electrons. The van der Waals surface area contributed by atoms with Gasteiger partial charge in [0, 0.05) is 24.5 Å². The minimum absolute atomic E-state index is 0.168. The van der Waals surface area contributed by atoms with E-state index in [2.05, 4.69) is 36.9 Å². The summed E-state index contributed by atoms with van der Waals surface area (Å²) in [5.74, 6) is 0.297. The van der Waals surface area contributed by atoms with E-state index in [1.807, 2.05) is 26.8 Å². The Hall–Kier alpha value is -2.61. The second-order valence-corrected chi connectivity index (χ2v) is 7.56. The molecule has 0 spiro atoms. The minimum Gasteiger partial charge on any atom is -0.474 e. The number of aromatic nitrogens is 1. The summed E-state index contributed by atoms with van der Waals surface area (Å²) in [5, 5.41) is 8.42. The van der Waals surface area contributed by atoms with Crippen LogP contribution in [0, 0.1) is 6.92 Å². The van der Waals surface area contributed by atoms with Crippen molar-refractivity contribution in [2.75, 3.05) is 17.2 Å². The van der Waals surface area contributed by atoms with Gasteiger partial charge >= 0.3 is 6.03 Å². The zero-order valence-corrected chi connectivity index (χ0v) is 17.3. The molecule has 3 amide bonds. The maximum atomic E-state index is 12.4. The van der Waals surface area contributed by atoms with E-state index in [4.69, 9.17) is 4.74 Å². The number of carbonyl (C=O) groups is 2. The molecule has 0 aliphatic carbocycles. The summed E-state index contributed by atoms with van der Waals surface area (Å²) < 4.78 is 6.44. The van der Waals surface area contributed by atoms with Gasteiger partial charge < -0.3 is 20.7 Å². The molecule has 0 bridgehead atoms. The second kappa shape index (κ2) is 8.85. The molecule has 0 unspecified atom stereocenters. The predicted molar refractivity (Wildman–Crippen MR) is 109 cm³/mol. The lowest BCUT2D eigenvalue weighted by Crippen LogP contribution is -2.49. The molecule has 2 rings (SSSR count). The number of hydrogen-bond acceptors (Lipinski definition) is 4. The van der Waals surface area contributed by atoms with Gasteiger partial charge in [0.2, 0.25) is 11.8 Å². The van der Waals surface area contributed by atoms with Gasteiger partial charge in [-0.1, -0.05) is 6.07 Å². The molecule has 0 aliphatic heterocycles. The summed E-state index contributed by atoms with van der Waals surface area (Å²) in [7, 11) is 0. The van der Waals surface area contributed by atoms with Gasteiger partial charge in [-0.2, -0.15) is 0 Å². The van der Waals surface area contributed by atoms with E-state index in [9.17, 15) is 9.59 Å². The van der Waals surface area contributed by atoms with Crippen LogP contribution in [0.25, 0.3) is 0 Å². The van der Waals surface area contributed by atoms with Crippen LogP contribution in [0.5, 0.6) is 5.88 Å². The zero-order chi connectivity index (χ0) is 20.0. The van der Waals surface area contributed by atoms with Gasteiger partial charge in [-0.05, 0) is 66.5 Å². The molecule has 0 atom stereocenters. The first kappa shape index (κ1) is 20.7. The van der Waals surface area contributed by atoms with Gasteiger partial charge in [0.05, 0.1) is 10.0 Å². The van der Waals surface area contributed by atoms with Crippen molar-refractivity contribution < 1.29 is 14.3 Å². The number of halogens is 1. The van der Waals surface area contributed by atoms with Crippen molar-refractivity contribution in [2.24, 2.45) is 0 Å². The average Bonchev–Trinajstić information content (AvgIpc) is 2.57. The lowest BCUT2D eigenvalue weighted by atomic mass is 10.1. The summed E-state index contributed by atoms with van der Waals surface area (Å²) in [5.41, 5.74) is 1.41. The Kier molecular flexibility index (Phi) is 6.79. The molecule has 8 heteroatoms. The van der Waals surface area contributed by atoms with Crippen LogP contribution in [0.3, 0.4) is 0 Å². The fourth-order valence-electron chi connectivity index (χ4n) is 2.32. The van der Waals surface area contributed by atoms with Crippen molar-refractivity contribution in [2.45, 2.75) is 33.2 Å². The standard InChI is InChI=1S/C19H23BrN4O3/c1-12-15(22-13(2)25)8-5-9-16(12)23-18(26)24-19(3,4)11-27-17-14(20)7-6-10-21-17/h5-10H,11H2,1-4H3,(H,22,25)(H2,23,24,26). The van der Waals surface area contributed by atoms with E-state index in [1.54, 1.807) is 30.5 Å². The van der Waals surface area contributed by atoms with Gasteiger partial charge in [-0.15, -0.1) is 0 Å². The van der Waals surface area contributed by atoms with Crippen molar-refractivity contribution in [1.29, 1.82) is 0 Å². The van der Waals surface area contributed by atoms with Crippen LogP contribution in [-0.2, 0) is 4.79 Å². The average molecular weight is 435 g/mol. The monoisotopic (exact) mass is 434 g/mol. The molecule has 2 aromatic rings. The summed E-state index contributed by atoms with van der Waals surface area (Å²) in [4.78, 5) is 27.8. The Morgan fingerprint density at radius 1 is 1.15 bits per heavy atom. The number of hydrogen-bond donors (Lipinski definition) is 3. The Labute approximate surface area is 167 Å². The van der Waals surface area contributed by atoms with Crippen LogP contribution >= 0.6 is 15.9 Å². The van der Waals surface area contributed by atoms with E-state index in [-0.39, 0.29) is 18.5 Å². The van der Waals surface area contributed by atoms with Gasteiger partial charge in [-0.3, -0.25) is 4.79 Å². The number of nitrogens with one attached hydrogen (secondary N) is 3. The van der Waals surface area contributed by atoms with Gasteiger partial charge in [0.15, 0.2) is 0 Å². The number of carbonyl (C=O) groups excluding carboxylic acids is 2. The van der Waals surface area contributed by atoms with Crippen molar-refractivity contribution in [1.82, 2.24) is 10.3 Å². The second-order valence-electron chi connectivity index (χ2n) is 6.70. The molecule has 1 heterocycles. The highest BCUT2D eigenvalue weighted by Gasteiger charge is 2.22. The van der Waals surface area contributed by atoms with Crippen LogP contribution in [0.1, 0.15) is 26.3 Å². The summed E-state index contributed by atoms with van der Waals surface area (Å²) in [6.45, 7) is 7.21. The first-order chi connectivity index (χ1) is 12.7. The highest BCUT2D eigenvalue weighted by Crippen LogP contribution is 2.24. The third-order valence-corrected chi connectivity index (χ3v) is 4.24. The number of anilines is 2. The van der Waals surface area contributed by atoms with E-state index < -0.39 is 5.54 Å². The maximum Gasteiger partial charge on any atom is 0.319 e. The first-order valence-corrected chi connectivity index (χ1v) is 9.17. The number of rotatable bonds is 6. The van der Waals surface area contributed by atoms with Gasteiger partial charge in [-0.25, -0.2) is 9.78 Å². The Morgan fingerprint density at radius 3 is 2.44 bits per heavy atom. The quantitative estimate of drug-likeness (QED) is 0.638. The highest BCUT2D eigenvalue weighted by atomic mass is 79.9. The number of urea groups is 1.